The van der Waals surface area contributed by atoms with Gasteiger partial charge in [0, 0.05) is 17.3 Å². The summed E-state index contributed by atoms with van der Waals surface area (Å²) in [4.78, 5) is 9.27. The van der Waals surface area contributed by atoms with Crippen LogP contribution in [0.15, 0.2) is 53.6 Å². The van der Waals surface area contributed by atoms with E-state index < -0.39 is 10.6 Å². The van der Waals surface area contributed by atoms with Crippen LogP contribution in [-0.4, -0.2) is 34.8 Å². The number of aryl methyl sites for hydroxylation is 1. The Bertz CT molecular complexity index is 1220. The van der Waals surface area contributed by atoms with E-state index in [4.69, 9.17) is 9.52 Å². The molecule has 0 spiro atoms. The maximum absolute atomic E-state index is 11.2. The summed E-state index contributed by atoms with van der Waals surface area (Å²) in [5.74, 6) is 7.85. The number of hydrogen-bond acceptors (Lipinski definition) is 9. The van der Waals surface area contributed by atoms with Gasteiger partial charge in [-0.2, -0.15) is 15.6 Å². The molecule has 0 radical (unpaired) electrons. The molecule has 166 valence electrons. The smallest absolute Gasteiger partial charge is 0.229 e. The third-order valence-electron chi connectivity index (χ3n) is 4.54. The van der Waals surface area contributed by atoms with Crippen LogP contribution in [0.2, 0.25) is 0 Å². The van der Waals surface area contributed by atoms with Gasteiger partial charge in [-0.05, 0) is 49.7 Å². The summed E-state index contributed by atoms with van der Waals surface area (Å²) < 4.78 is 23.7. The number of aliphatic hydroxyl groups is 1. The summed E-state index contributed by atoms with van der Waals surface area (Å²) in [6.07, 6.45) is 1.61. The molecule has 1 heterocycles. The molecule has 2 aromatic carbocycles. The van der Waals surface area contributed by atoms with Crippen LogP contribution in [-0.2, 0) is 14.8 Å². The predicted molar refractivity (Wildman–Crippen MR) is 125 cm³/mol. The molecule has 9 heteroatoms. The van der Waals surface area contributed by atoms with E-state index in [1.54, 1.807) is 37.6 Å². The fourth-order valence-corrected chi connectivity index (χ4v) is 3.13. The van der Waals surface area contributed by atoms with Crippen molar-refractivity contribution in [3.63, 3.8) is 0 Å². The largest absolute Gasteiger partial charge is 0.497 e. The van der Waals surface area contributed by atoms with Crippen LogP contribution < -0.4 is 15.4 Å². The molecule has 3 aromatic rings. The van der Waals surface area contributed by atoms with Crippen molar-refractivity contribution in [1.82, 2.24) is 9.97 Å². The number of nitrogens with one attached hydrogen (secondary N) is 3. The Morgan fingerprint density at radius 1 is 1.19 bits per heavy atom. The van der Waals surface area contributed by atoms with Gasteiger partial charge in [-0.15, -0.1) is 0 Å². The first-order chi connectivity index (χ1) is 15.4. The molecule has 0 aliphatic rings. The molecule has 0 saturated heterocycles. The highest BCUT2D eigenvalue weighted by molar-refractivity contribution is 7.73. The van der Waals surface area contributed by atoms with E-state index in [0.717, 1.165) is 16.9 Å². The molecule has 0 aliphatic heterocycles. The highest BCUT2D eigenvalue weighted by atomic mass is 32.2. The third-order valence-corrected chi connectivity index (χ3v) is 5.24. The van der Waals surface area contributed by atoms with Crippen LogP contribution in [0.4, 0.5) is 17.5 Å². The van der Waals surface area contributed by atoms with Crippen molar-refractivity contribution < 1.29 is 14.1 Å². The lowest BCUT2D eigenvalue weighted by molar-refractivity contribution is 0.281. The Labute approximate surface area is 189 Å². The summed E-state index contributed by atoms with van der Waals surface area (Å²) in [6.45, 7) is 3.73. The van der Waals surface area contributed by atoms with Crippen LogP contribution >= 0.6 is 0 Å². The average Bonchev–Trinajstić information content (AvgIpc) is 2.79. The number of ether oxygens (including phenoxy) is 1. The summed E-state index contributed by atoms with van der Waals surface area (Å²) in [5.41, 5.74) is 3.13. The van der Waals surface area contributed by atoms with Gasteiger partial charge in [-0.1, -0.05) is 28.9 Å². The van der Waals surface area contributed by atoms with Crippen LogP contribution in [0.25, 0.3) is 0 Å². The van der Waals surface area contributed by atoms with Gasteiger partial charge in [0.25, 0.3) is 0 Å². The molecular weight excluding hydrogens is 426 g/mol. The van der Waals surface area contributed by atoms with Gasteiger partial charge >= 0.3 is 0 Å². The minimum absolute atomic E-state index is 0.0665. The third kappa shape index (κ3) is 5.97. The summed E-state index contributed by atoms with van der Waals surface area (Å²) in [5, 5.41) is 15.7. The van der Waals surface area contributed by atoms with E-state index in [-0.39, 0.29) is 12.6 Å². The number of hydrogen-bond donors (Lipinski definition) is 4. The zero-order valence-corrected chi connectivity index (χ0v) is 18.8. The zero-order chi connectivity index (χ0) is 23.1. The molecule has 0 amide bonds. The highest BCUT2D eigenvalue weighted by Gasteiger charge is 2.09. The predicted octanol–water partition coefficient (Wildman–Crippen LogP) is 3.81. The molecule has 0 saturated carbocycles. The summed E-state index contributed by atoms with van der Waals surface area (Å²) in [7, 11) is -0.162. The normalized spacial score (nSPS) is 11.4. The Morgan fingerprint density at radius 2 is 1.91 bits per heavy atom. The van der Waals surface area contributed by atoms with Crippen molar-refractivity contribution in [3.8, 4) is 17.6 Å². The van der Waals surface area contributed by atoms with Gasteiger partial charge in [-0.3, -0.25) is 0 Å². The van der Waals surface area contributed by atoms with Gasteiger partial charge < -0.3 is 29.5 Å². The lowest BCUT2D eigenvalue weighted by atomic mass is 10.1. The van der Waals surface area contributed by atoms with Gasteiger partial charge in [0.2, 0.25) is 5.95 Å². The number of benzene rings is 2. The van der Waals surface area contributed by atoms with Crippen molar-refractivity contribution in [2.45, 2.75) is 24.8 Å². The second-order valence-electron chi connectivity index (χ2n) is 7.03. The highest BCUT2D eigenvalue weighted by Crippen LogP contribution is 2.20. The number of anilines is 3. The van der Waals surface area contributed by atoms with Gasteiger partial charge in [0.05, 0.1) is 25.5 Å². The minimum Gasteiger partial charge on any atom is -0.497 e. The van der Waals surface area contributed by atoms with Crippen molar-refractivity contribution in [3.05, 3.63) is 65.4 Å². The number of aliphatic hydroxyl groups excluding tert-OH is 1. The number of rotatable bonds is 7. The van der Waals surface area contributed by atoms with Gasteiger partial charge in [-0.25, -0.2) is 4.98 Å². The van der Waals surface area contributed by atoms with Crippen molar-refractivity contribution >= 4 is 28.0 Å². The molecule has 0 aliphatic carbocycles. The lowest BCUT2D eigenvalue weighted by Gasteiger charge is -2.14. The first-order valence-corrected chi connectivity index (χ1v) is 11.0. The quantitative estimate of drug-likeness (QED) is 0.319. The Hall–Kier alpha value is -3.61. The summed E-state index contributed by atoms with van der Waals surface area (Å²) in [6, 6.07) is 12.1. The molecule has 4 N–H and O–H groups in total. The number of aromatic nitrogens is 2. The first kappa shape index (κ1) is 23.1. The van der Waals surface area contributed by atoms with Gasteiger partial charge in [0.15, 0.2) is 0 Å². The molecule has 0 unspecified atom stereocenters. The van der Waals surface area contributed by atoms with Crippen LogP contribution in [0.1, 0.15) is 23.6 Å². The van der Waals surface area contributed by atoms with E-state index in [1.165, 1.54) is 0 Å². The monoisotopic (exact) mass is 450 g/mol. The molecule has 3 rings (SSSR count). The molecule has 8 nitrogen and oxygen atoms in total. The lowest BCUT2D eigenvalue weighted by Crippen LogP contribution is -2.21. The fraction of sp³-hybridized carbons (Fsp3) is 0.217. The van der Waals surface area contributed by atoms with Crippen LogP contribution in [0, 0.1) is 23.5 Å². The maximum atomic E-state index is 11.2. The van der Waals surface area contributed by atoms with E-state index in [9.17, 15) is 9.32 Å². The van der Waals surface area contributed by atoms with Crippen molar-refractivity contribution in [1.29, 1.82) is 4.78 Å². The van der Waals surface area contributed by atoms with Crippen molar-refractivity contribution in [2.75, 3.05) is 24.4 Å². The van der Waals surface area contributed by atoms with Crippen molar-refractivity contribution in [2.24, 2.45) is 0 Å². The number of nitrogens with zero attached hydrogens (tertiary/aromatic N) is 2. The van der Waals surface area contributed by atoms with E-state index >= 15 is 0 Å². The van der Waals surface area contributed by atoms with Crippen LogP contribution in [0.5, 0.6) is 5.75 Å². The SMILES string of the molecule is COc1ccc(C#Cc2cnc(Nc3ccc([S-](=N)=O)cc3)nc2N[C@H](C)CO)c(C)c1. The van der Waals surface area contributed by atoms with Gasteiger partial charge in [0.1, 0.15) is 11.6 Å². The fourth-order valence-electron chi connectivity index (χ4n) is 2.75. The number of methoxy groups -OCH3 is 1. The Morgan fingerprint density at radius 3 is 2.53 bits per heavy atom. The minimum atomic E-state index is -1.79. The standard InChI is InChI=1S/C23H24N5O3S/c1-15-12-20(31-3)9-6-17(15)4-5-18-13-25-23(28-22(18)26-16(2)14-29)27-19-7-10-21(11-8-19)32(24)30/h6-13,16,24,29H,14H2,1-3H3,(H2,25,26,27,28)/q-1/t16-/m1/s1. The maximum Gasteiger partial charge on any atom is 0.229 e. The molecule has 1 atom stereocenters. The van der Waals surface area contributed by atoms with Crippen LogP contribution in [0.3, 0.4) is 0 Å². The first-order valence-electron chi connectivity index (χ1n) is 9.80. The second-order valence-corrected chi connectivity index (χ2v) is 8.04. The average molecular weight is 451 g/mol. The second kappa shape index (κ2) is 10.6. The summed E-state index contributed by atoms with van der Waals surface area (Å²) >= 11 is 0. The molecule has 1 aromatic heterocycles. The zero-order valence-electron chi connectivity index (χ0n) is 18.0. The van der Waals surface area contributed by atoms with E-state index in [1.807, 2.05) is 32.0 Å². The topological polar surface area (TPSA) is 120 Å². The van der Waals surface area contributed by atoms with E-state index in [0.29, 0.717) is 27.9 Å². The Balaban J connectivity index is 1.90. The molecule has 32 heavy (non-hydrogen) atoms. The molecular formula is C23H24N5O3S-. The molecule has 0 fully saturated rings. The Kier molecular flexibility index (Phi) is 7.65. The molecule has 0 bridgehead atoms. The van der Waals surface area contributed by atoms with E-state index in [2.05, 4.69) is 32.4 Å².